The van der Waals surface area contributed by atoms with E-state index in [1.165, 1.54) is 38.1 Å². The van der Waals surface area contributed by atoms with Crippen LogP contribution < -0.4 is 5.32 Å². The SMILES string of the molecule is CC(=O)Nc1ccc(C(=O)COC(=O)c2cccc(C)c2[N+](=O)[O-])c(F)c1. The summed E-state index contributed by atoms with van der Waals surface area (Å²) in [5, 5.41) is 13.5. The Morgan fingerprint density at radius 1 is 1.19 bits per heavy atom. The van der Waals surface area contributed by atoms with Gasteiger partial charge in [-0.2, -0.15) is 0 Å². The van der Waals surface area contributed by atoms with Crippen LogP contribution in [0.3, 0.4) is 0 Å². The third-order valence-corrected chi connectivity index (χ3v) is 3.56. The van der Waals surface area contributed by atoms with Crippen molar-refractivity contribution in [1.29, 1.82) is 0 Å². The van der Waals surface area contributed by atoms with E-state index in [-0.39, 0.29) is 22.4 Å². The van der Waals surface area contributed by atoms with Crippen LogP contribution in [0.25, 0.3) is 0 Å². The van der Waals surface area contributed by atoms with E-state index in [2.05, 4.69) is 5.32 Å². The van der Waals surface area contributed by atoms with E-state index in [0.29, 0.717) is 0 Å². The number of nitro groups is 1. The number of carbonyl (C=O) groups is 3. The molecule has 0 bridgehead atoms. The number of benzene rings is 2. The number of hydrogen-bond acceptors (Lipinski definition) is 6. The van der Waals surface area contributed by atoms with Crippen molar-refractivity contribution < 1.29 is 28.4 Å². The van der Waals surface area contributed by atoms with Crippen molar-refractivity contribution >= 4 is 29.0 Å². The molecular formula is C18H15FN2O6. The monoisotopic (exact) mass is 374 g/mol. The number of Topliss-reactive ketones (excluding diaryl/α,β-unsaturated/α-hetero) is 1. The van der Waals surface area contributed by atoms with E-state index < -0.39 is 40.7 Å². The van der Waals surface area contributed by atoms with Crippen LogP contribution in [0, 0.1) is 22.9 Å². The van der Waals surface area contributed by atoms with Crippen molar-refractivity contribution in [1.82, 2.24) is 0 Å². The van der Waals surface area contributed by atoms with Crippen LogP contribution in [0.15, 0.2) is 36.4 Å². The van der Waals surface area contributed by atoms with Gasteiger partial charge in [-0.1, -0.05) is 12.1 Å². The van der Waals surface area contributed by atoms with Crippen LogP contribution >= 0.6 is 0 Å². The molecule has 0 radical (unpaired) electrons. The number of ether oxygens (including phenoxy) is 1. The second kappa shape index (κ2) is 8.17. The maximum absolute atomic E-state index is 14.0. The topological polar surface area (TPSA) is 116 Å². The third kappa shape index (κ3) is 4.72. The van der Waals surface area contributed by atoms with Crippen LogP contribution in [0.4, 0.5) is 15.8 Å². The van der Waals surface area contributed by atoms with E-state index in [9.17, 15) is 28.9 Å². The Kier molecular flexibility index (Phi) is 5.96. The first-order valence-electron chi connectivity index (χ1n) is 7.72. The van der Waals surface area contributed by atoms with Gasteiger partial charge in [-0.25, -0.2) is 9.18 Å². The summed E-state index contributed by atoms with van der Waals surface area (Å²) in [6.45, 7) is 1.92. The summed E-state index contributed by atoms with van der Waals surface area (Å²) >= 11 is 0. The molecule has 1 amide bonds. The molecule has 1 N–H and O–H groups in total. The number of carbonyl (C=O) groups excluding carboxylic acids is 3. The molecule has 2 rings (SSSR count). The molecule has 0 saturated carbocycles. The Labute approximate surface area is 153 Å². The van der Waals surface area contributed by atoms with Gasteiger partial charge >= 0.3 is 5.97 Å². The van der Waals surface area contributed by atoms with Crippen molar-refractivity contribution in [2.75, 3.05) is 11.9 Å². The predicted octanol–water partition coefficient (Wildman–Crippen LogP) is 3.04. The standard InChI is InChI=1S/C18H15FN2O6/c1-10-4-3-5-14(17(10)21(25)26)18(24)27-9-16(23)13-7-6-12(8-15(13)19)20-11(2)22/h3-8H,9H2,1-2H3,(H,20,22). The number of anilines is 1. The van der Waals surface area contributed by atoms with Crippen molar-refractivity contribution in [3.63, 3.8) is 0 Å². The number of hydrogen-bond donors (Lipinski definition) is 1. The second-order valence-corrected chi connectivity index (χ2v) is 5.60. The average Bonchev–Trinajstić information content (AvgIpc) is 2.58. The van der Waals surface area contributed by atoms with Gasteiger partial charge in [0, 0.05) is 18.2 Å². The number of nitrogens with one attached hydrogen (secondary N) is 1. The van der Waals surface area contributed by atoms with Gasteiger partial charge in [0.1, 0.15) is 11.4 Å². The van der Waals surface area contributed by atoms with Crippen molar-refractivity contribution in [3.05, 3.63) is 69.0 Å². The van der Waals surface area contributed by atoms with Crippen LogP contribution in [0.2, 0.25) is 0 Å². The van der Waals surface area contributed by atoms with Gasteiger partial charge in [0.05, 0.1) is 10.5 Å². The Balaban J connectivity index is 2.12. The minimum atomic E-state index is -1.06. The minimum Gasteiger partial charge on any atom is -0.454 e. The fraction of sp³-hybridized carbons (Fsp3) is 0.167. The summed E-state index contributed by atoms with van der Waals surface area (Å²) < 4.78 is 18.8. The number of halogens is 1. The van der Waals surface area contributed by atoms with Gasteiger partial charge in [-0.15, -0.1) is 0 Å². The molecule has 2 aromatic rings. The Morgan fingerprint density at radius 3 is 2.48 bits per heavy atom. The first kappa shape index (κ1) is 19.7. The van der Waals surface area contributed by atoms with Crippen LogP contribution in [-0.2, 0) is 9.53 Å². The molecule has 0 aromatic heterocycles. The lowest BCUT2D eigenvalue weighted by molar-refractivity contribution is -0.385. The minimum absolute atomic E-state index is 0.170. The number of nitro benzene ring substituents is 1. The second-order valence-electron chi connectivity index (χ2n) is 5.60. The molecule has 0 aliphatic rings. The van der Waals surface area contributed by atoms with Crippen LogP contribution in [-0.4, -0.2) is 29.2 Å². The molecule has 0 atom stereocenters. The zero-order valence-electron chi connectivity index (χ0n) is 14.4. The van der Waals surface area contributed by atoms with E-state index in [1.807, 2.05) is 0 Å². The van der Waals surface area contributed by atoms with E-state index in [4.69, 9.17) is 4.74 Å². The number of aryl methyl sites for hydroxylation is 1. The number of para-hydroxylation sites is 1. The van der Waals surface area contributed by atoms with Gasteiger partial charge in [0.2, 0.25) is 11.7 Å². The highest BCUT2D eigenvalue weighted by molar-refractivity contribution is 6.01. The van der Waals surface area contributed by atoms with Crippen molar-refractivity contribution in [2.45, 2.75) is 13.8 Å². The van der Waals surface area contributed by atoms with Gasteiger partial charge in [-0.05, 0) is 31.2 Å². The molecular weight excluding hydrogens is 359 g/mol. The Morgan fingerprint density at radius 2 is 1.89 bits per heavy atom. The predicted molar refractivity (Wildman–Crippen MR) is 93.2 cm³/mol. The number of nitrogens with zero attached hydrogens (tertiary/aromatic N) is 1. The number of rotatable bonds is 6. The van der Waals surface area contributed by atoms with Gasteiger partial charge in [-0.3, -0.25) is 19.7 Å². The van der Waals surface area contributed by atoms with E-state index in [0.717, 1.165) is 12.1 Å². The fourth-order valence-electron chi connectivity index (χ4n) is 2.37. The van der Waals surface area contributed by atoms with Crippen molar-refractivity contribution in [3.8, 4) is 0 Å². The Bertz CT molecular complexity index is 941. The quantitative estimate of drug-likeness (QED) is 0.360. The molecule has 27 heavy (non-hydrogen) atoms. The number of esters is 1. The van der Waals surface area contributed by atoms with E-state index in [1.54, 1.807) is 0 Å². The molecule has 140 valence electrons. The van der Waals surface area contributed by atoms with Crippen LogP contribution in [0.1, 0.15) is 33.2 Å². The summed E-state index contributed by atoms with van der Waals surface area (Å²) in [5.74, 6) is -3.19. The third-order valence-electron chi connectivity index (χ3n) is 3.56. The molecule has 8 nitrogen and oxygen atoms in total. The van der Waals surface area contributed by atoms with Crippen LogP contribution in [0.5, 0.6) is 0 Å². The number of amides is 1. The summed E-state index contributed by atoms with van der Waals surface area (Å²) in [7, 11) is 0. The van der Waals surface area contributed by atoms with Gasteiger partial charge in [0.25, 0.3) is 5.69 Å². The molecule has 0 aliphatic carbocycles. The molecule has 0 spiro atoms. The van der Waals surface area contributed by atoms with Crippen molar-refractivity contribution in [2.24, 2.45) is 0 Å². The lowest BCUT2D eigenvalue weighted by atomic mass is 10.1. The van der Waals surface area contributed by atoms with Gasteiger partial charge < -0.3 is 10.1 Å². The molecule has 0 heterocycles. The average molecular weight is 374 g/mol. The number of ketones is 1. The van der Waals surface area contributed by atoms with E-state index >= 15 is 0 Å². The summed E-state index contributed by atoms with van der Waals surface area (Å²) in [4.78, 5) is 45.5. The first-order chi connectivity index (χ1) is 12.7. The molecule has 0 unspecified atom stereocenters. The molecule has 2 aromatic carbocycles. The molecule has 0 aliphatic heterocycles. The fourth-order valence-corrected chi connectivity index (χ4v) is 2.37. The lowest BCUT2D eigenvalue weighted by Crippen LogP contribution is -2.17. The highest BCUT2D eigenvalue weighted by Gasteiger charge is 2.24. The summed E-state index contributed by atoms with van der Waals surface area (Å²) in [6, 6.07) is 7.55. The first-order valence-corrected chi connectivity index (χ1v) is 7.72. The zero-order valence-corrected chi connectivity index (χ0v) is 14.4. The molecule has 9 heteroatoms. The zero-order chi connectivity index (χ0) is 20.1. The molecule has 0 saturated heterocycles. The highest BCUT2D eigenvalue weighted by atomic mass is 19.1. The lowest BCUT2D eigenvalue weighted by Gasteiger charge is -2.08. The molecule has 0 fully saturated rings. The summed E-state index contributed by atoms with van der Waals surface area (Å²) in [6.07, 6.45) is 0. The maximum Gasteiger partial charge on any atom is 0.345 e. The largest absolute Gasteiger partial charge is 0.454 e. The Hall–Kier alpha value is -3.62. The summed E-state index contributed by atoms with van der Waals surface area (Å²) in [5.41, 5.74) is -0.616. The maximum atomic E-state index is 14.0. The normalized spacial score (nSPS) is 10.2. The highest BCUT2D eigenvalue weighted by Crippen LogP contribution is 2.24. The smallest absolute Gasteiger partial charge is 0.345 e. The van der Waals surface area contributed by atoms with Gasteiger partial charge in [0.15, 0.2) is 6.61 Å².